The fourth-order valence-electron chi connectivity index (χ4n) is 3.08. The maximum Gasteiger partial charge on any atom is 0.390 e. The lowest BCUT2D eigenvalue weighted by Crippen LogP contribution is -2.51. The van der Waals surface area contributed by atoms with Crippen molar-refractivity contribution in [2.45, 2.75) is 51.4 Å². The standard InChI is InChI=1S/C17H24F3N3O/c1-2-22(12-8-17(18,19)20)16(24)15-5-3-4-11-23(15)13-14-6-9-21-10-7-14/h6-7,9-10,15H,2-5,8,11-13H2,1H3. The molecule has 2 rings (SSSR count). The van der Waals surface area contributed by atoms with Crippen molar-refractivity contribution in [3.63, 3.8) is 0 Å². The fourth-order valence-corrected chi connectivity index (χ4v) is 3.08. The highest BCUT2D eigenvalue weighted by molar-refractivity contribution is 5.82. The average Bonchev–Trinajstić information content (AvgIpc) is 2.55. The summed E-state index contributed by atoms with van der Waals surface area (Å²) >= 11 is 0. The molecular weight excluding hydrogens is 319 g/mol. The lowest BCUT2D eigenvalue weighted by atomic mass is 10.00. The Labute approximate surface area is 140 Å². The summed E-state index contributed by atoms with van der Waals surface area (Å²) in [6.07, 6.45) is 0.853. The second-order valence-corrected chi connectivity index (χ2v) is 6.12. The number of nitrogens with zero attached hydrogens (tertiary/aromatic N) is 3. The normalized spacial score (nSPS) is 19.2. The number of alkyl halides is 3. The molecule has 1 saturated heterocycles. The van der Waals surface area contributed by atoms with Gasteiger partial charge in [-0.1, -0.05) is 6.42 Å². The first kappa shape index (κ1) is 18.7. The van der Waals surface area contributed by atoms with Crippen LogP contribution in [0.4, 0.5) is 13.2 Å². The van der Waals surface area contributed by atoms with Crippen LogP contribution in [0.5, 0.6) is 0 Å². The molecular formula is C17H24F3N3O. The van der Waals surface area contributed by atoms with Gasteiger partial charge in [-0.3, -0.25) is 14.7 Å². The second-order valence-electron chi connectivity index (χ2n) is 6.12. The lowest BCUT2D eigenvalue weighted by molar-refractivity contribution is -0.149. The molecule has 1 fully saturated rings. The van der Waals surface area contributed by atoms with Crippen LogP contribution in [0.2, 0.25) is 0 Å². The molecule has 0 N–H and O–H groups in total. The second kappa shape index (κ2) is 8.46. The maximum atomic E-state index is 12.8. The summed E-state index contributed by atoms with van der Waals surface area (Å²) in [7, 11) is 0. The van der Waals surface area contributed by atoms with Crippen molar-refractivity contribution in [2.75, 3.05) is 19.6 Å². The van der Waals surface area contributed by atoms with E-state index in [1.165, 1.54) is 4.90 Å². The molecule has 0 bridgehead atoms. The SMILES string of the molecule is CCN(CCC(F)(F)F)C(=O)C1CCCCN1Cc1ccncc1. The molecule has 0 spiro atoms. The molecule has 2 heterocycles. The van der Waals surface area contributed by atoms with E-state index in [1.807, 2.05) is 12.1 Å². The Morgan fingerprint density at radius 1 is 1.33 bits per heavy atom. The number of carbonyl (C=O) groups excluding carboxylic acids is 1. The van der Waals surface area contributed by atoms with E-state index in [0.717, 1.165) is 24.9 Å². The van der Waals surface area contributed by atoms with Gasteiger partial charge in [0.2, 0.25) is 5.91 Å². The number of rotatable bonds is 6. The number of piperidine rings is 1. The Morgan fingerprint density at radius 3 is 2.67 bits per heavy atom. The highest BCUT2D eigenvalue weighted by Gasteiger charge is 2.34. The van der Waals surface area contributed by atoms with Crippen molar-refractivity contribution in [3.8, 4) is 0 Å². The first-order valence-electron chi connectivity index (χ1n) is 8.39. The number of amides is 1. The molecule has 1 atom stereocenters. The first-order chi connectivity index (χ1) is 11.4. The van der Waals surface area contributed by atoms with Gasteiger partial charge < -0.3 is 4.90 Å². The van der Waals surface area contributed by atoms with Gasteiger partial charge in [-0.25, -0.2) is 0 Å². The molecule has 1 amide bonds. The third-order valence-corrected chi connectivity index (χ3v) is 4.39. The van der Waals surface area contributed by atoms with Gasteiger partial charge in [-0.05, 0) is 44.0 Å². The predicted octanol–water partition coefficient (Wildman–Crippen LogP) is 3.24. The molecule has 1 aromatic heterocycles. The number of hydrogen-bond acceptors (Lipinski definition) is 3. The van der Waals surface area contributed by atoms with E-state index in [1.54, 1.807) is 19.3 Å². The van der Waals surface area contributed by atoms with Crippen molar-refractivity contribution >= 4 is 5.91 Å². The Balaban J connectivity index is 2.03. The van der Waals surface area contributed by atoms with E-state index in [0.29, 0.717) is 19.5 Å². The minimum absolute atomic E-state index is 0.185. The molecule has 134 valence electrons. The Kier molecular flexibility index (Phi) is 6.60. The number of pyridine rings is 1. The van der Waals surface area contributed by atoms with Crippen LogP contribution >= 0.6 is 0 Å². The van der Waals surface area contributed by atoms with Gasteiger partial charge >= 0.3 is 6.18 Å². The van der Waals surface area contributed by atoms with Crippen LogP contribution in [0, 0.1) is 0 Å². The topological polar surface area (TPSA) is 36.4 Å². The number of likely N-dealkylation sites (N-methyl/N-ethyl adjacent to an activating group) is 1. The van der Waals surface area contributed by atoms with E-state index >= 15 is 0 Å². The largest absolute Gasteiger partial charge is 0.390 e. The maximum absolute atomic E-state index is 12.8. The van der Waals surface area contributed by atoms with Crippen molar-refractivity contribution in [3.05, 3.63) is 30.1 Å². The molecule has 4 nitrogen and oxygen atoms in total. The summed E-state index contributed by atoms with van der Waals surface area (Å²) in [6.45, 7) is 3.17. The van der Waals surface area contributed by atoms with E-state index < -0.39 is 12.6 Å². The van der Waals surface area contributed by atoms with Gasteiger partial charge in [0.05, 0.1) is 12.5 Å². The van der Waals surface area contributed by atoms with Crippen LogP contribution in [0.15, 0.2) is 24.5 Å². The predicted molar refractivity (Wildman–Crippen MR) is 85.2 cm³/mol. The Hall–Kier alpha value is -1.63. The van der Waals surface area contributed by atoms with Crippen LogP contribution in [-0.2, 0) is 11.3 Å². The number of hydrogen-bond donors (Lipinski definition) is 0. The quantitative estimate of drug-likeness (QED) is 0.796. The zero-order valence-electron chi connectivity index (χ0n) is 13.9. The van der Waals surface area contributed by atoms with Crippen LogP contribution in [0.1, 0.15) is 38.2 Å². The van der Waals surface area contributed by atoms with Gasteiger partial charge in [-0.2, -0.15) is 13.2 Å². The van der Waals surface area contributed by atoms with E-state index in [9.17, 15) is 18.0 Å². The number of likely N-dealkylation sites (tertiary alicyclic amines) is 1. The smallest absolute Gasteiger partial charge is 0.341 e. The number of halogens is 3. The Bertz CT molecular complexity index is 522. The third-order valence-electron chi connectivity index (χ3n) is 4.39. The minimum atomic E-state index is -4.24. The van der Waals surface area contributed by atoms with Crippen molar-refractivity contribution in [1.29, 1.82) is 0 Å². The van der Waals surface area contributed by atoms with Gasteiger partial charge in [0.25, 0.3) is 0 Å². The van der Waals surface area contributed by atoms with Crippen LogP contribution in [0.3, 0.4) is 0 Å². The monoisotopic (exact) mass is 343 g/mol. The zero-order valence-corrected chi connectivity index (χ0v) is 13.9. The van der Waals surface area contributed by atoms with Crippen LogP contribution in [-0.4, -0.2) is 52.5 Å². The zero-order chi connectivity index (χ0) is 17.6. The van der Waals surface area contributed by atoms with E-state index in [-0.39, 0.29) is 18.5 Å². The highest BCUT2D eigenvalue weighted by atomic mass is 19.4. The lowest BCUT2D eigenvalue weighted by Gasteiger charge is -2.37. The molecule has 1 aliphatic rings. The van der Waals surface area contributed by atoms with Crippen LogP contribution in [0.25, 0.3) is 0 Å². The summed E-state index contributed by atoms with van der Waals surface area (Å²) in [5, 5.41) is 0. The summed E-state index contributed by atoms with van der Waals surface area (Å²) in [6, 6.07) is 3.47. The first-order valence-corrected chi connectivity index (χ1v) is 8.39. The number of aromatic nitrogens is 1. The molecule has 1 unspecified atom stereocenters. The highest BCUT2D eigenvalue weighted by Crippen LogP contribution is 2.23. The molecule has 0 radical (unpaired) electrons. The Morgan fingerprint density at radius 2 is 2.04 bits per heavy atom. The van der Waals surface area contributed by atoms with Crippen LogP contribution < -0.4 is 0 Å². The molecule has 1 aromatic rings. The van der Waals surface area contributed by atoms with Gasteiger partial charge in [0.15, 0.2) is 0 Å². The summed E-state index contributed by atoms with van der Waals surface area (Å²) in [5.41, 5.74) is 1.06. The van der Waals surface area contributed by atoms with Gasteiger partial charge in [0, 0.05) is 32.0 Å². The van der Waals surface area contributed by atoms with E-state index in [4.69, 9.17) is 0 Å². The third kappa shape index (κ3) is 5.47. The molecule has 24 heavy (non-hydrogen) atoms. The van der Waals surface area contributed by atoms with Crippen molar-refractivity contribution < 1.29 is 18.0 Å². The number of carbonyl (C=O) groups is 1. The van der Waals surface area contributed by atoms with Crippen molar-refractivity contribution in [2.24, 2.45) is 0 Å². The van der Waals surface area contributed by atoms with E-state index in [2.05, 4.69) is 9.88 Å². The molecule has 0 aromatic carbocycles. The van der Waals surface area contributed by atoms with Gasteiger partial charge in [0.1, 0.15) is 0 Å². The summed E-state index contributed by atoms with van der Waals surface area (Å²) in [4.78, 5) is 20.1. The minimum Gasteiger partial charge on any atom is -0.341 e. The fraction of sp³-hybridized carbons (Fsp3) is 0.647. The summed E-state index contributed by atoms with van der Waals surface area (Å²) in [5.74, 6) is -0.185. The molecule has 7 heteroatoms. The van der Waals surface area contributed by atoms with Crippen molar-refractivity contribution in [1.82, 2.24) is 14.8 Å². The molecule has 1 aliphatic heterocycles. The molecule has 0 saturated carbocycles. The van der Waals surface area contributed by atoms with Gasteiger partial charge in [-0.15, -0.1) is 0 Å². The average molecular weight is 343 g/mol. The molecule has 0 aliphatic carbocycles. The summed E-state index contributed by atoms with van der Waals surface area (Å²) < 4.78 is 37.4.